The number of methoxy groups -OCH3 is 1. The quantitative estimate of drug-likeness (QED) is 0.406. The van der Waals surface area contributed by atoms with E-state index in [9.17, 15) is 9.59 Å². The average molecular weight is 316 g/mol. The van der Waals surface area contributed by atoms with Crippen LogP contribution in [-0.4, -0.2) is 53.5 Å². The third-order valence-corrected chi connectivity index (χ3v) is 3.51. The standard InChI is InChI=1S/C17H24O4.Na.H/c1-3-4-5-6-7-8-9-16(18)15-12-13(21-2)10-11-14(15)17(19)20;;/h10-12H,3-9H2,1-2H3,(H,19,20);;. The van der Waals surface area contributed by atoms with E-state index in [1.54, 1.807) is 6.07 Å². The number of carboxylic acid groups (broad SMARTS) is 1. The van der Waals surface area contributed by atoms with Crippen LogP contribution >= 0.6 is 0 Å². The molecule has 0 spiro atoms. The number of Topliss-reactive ketones (excluding diaryl/α,β-unsaturated/α-hetero) is 1. The maximum absolute atomic E-state index is 12.2. The fourth-order valence-electron chi connectivity index (χ4n) is 2.27. The molecule has 1 aromatic rings. The number of ketones is 1. The normalized spacial score (nSPS) is 9.91. The van der Waals surface area contributed by atoms with Crippen LogP contribution in [0.2, 0.25) is 0 Å². The molecule has 0 saturated heterocycles. The molecule has 0 unspecified atom stereocenters. The van der Waals surface area contributed by atoms with E-state index in [1.165, 1.54) is 38.5 Å². The van der Waals surface area contributed by atoms with Gasteiger partial charge in [0, 0.05) is 12.0 Å². The van der Waals surface area contributed by atoms with E-state index in [1.807, 2.05) is 0 Å². The molecule has 4 nitrogen and oxygen atoms in total. The summed E-state index contributed by atoms with van der Waals surface area (Å²) in [5.41, 5.74) is 0.294. The molecule has 0 aliphatic carbocycles. The van der Waals surface area contributed by atoms with Gasteiger partial charge in [-0.15, -0.1) is 0 Å². The van der Waals surface area contributed by atoms with E-state index in [4.69, 9.17) is 9.84 Å². The van der Waals surface area contributed by atoms with Gasteiger partial charge in [0.15, 0.2) is 5.78 Å². The van der Waals surface area contributed by atoms with Crippen LogP contribution in [0.15, 0.2) is 18.2 Å². The predicted octanol–water partition coefficient (Wildman–Crippen LogP) is 3.68. The first-order chi connectivity index (χ1) is 10.1. The molecule has 1 aromatic carbocycles. The Morgan fingerprint density at radius 3 is 2.27 bits per heavy atom. The van der Waals surface area contributed by atoms with Crippen molar-refractivity contribution in [2.45, 2.75) is 51.9 Å². The molecule has 0 bridgehead atoms. The van der Waals surface area contributed by atoms with Gasteiger partial charge in [0.05, 0.1) is 12.7 Å². The molecule has 0 saturated carbocycles. The van der Waals surface area contributed by atoms with Crippen molar-refractivity contribution < 1.29 is 19.4 Å². The van der Waals surface area contributed by atoms with Crippen molar-refractivity contribution in [1.82, 2.24) is 0 Å². The molecule has 0 heterocycles. The summed E-state index contributed by atoms with van der Waals surface area (Å²) in [4.78, 5) is 23.4. The monoisotopic (exact) mass is 316 g/mol. The number of hydrogen-bond donors (Lipinski definition) is 1. The van der Waals surface area contributed by atoms with Gasteiger partial charge in [-0.3, -0.25) is 4.79 Å². The third-order valence-electron chi connectivity index (χ3n) is 3.51. The zero-order valence-corrected chi connectivity index (χ0v) is 12.9. The van der Waals surface area contributed by atoms with E-state index in [-0.39, 0.29) is 46.5 Å². The van der Waals surface area contributed by atoms with Crippen molar-refractivity contribution in [2.75, 3.05) is 7.11 Å². The molecular formula is C17H25NaO4. The van der Waals surface area contributed by atoms with Crippen LogP contribution in [0.3, 0.4) is 0 Å². The average Bonchev–Trinajstić information content (AvgIpc) is 2.49. The van der Waals surface area contributed by atoms with Crippen molar-refractivity contribution in [3.8, 4) is 5.75 Å². The molecule has 5 heteroatoms. The molecule has 0 amide bonds. The minimum atomic E-state index is -1.08. The first-order valence-corrected chi connectivity index (χ1v) is 7.54. The molecule has 0 radical (unpaired) electrons. The summed E-state index contributed by atoms with van der Waals surface area (Å²) in [6, 6.07) is 4.50. The van der Waals surface area contributed by atoms with E-state index in [0.29, 0.717) is 12.2 Å². The van der Waals surface area contributed by atoms with Crippen LogP contribution in [0.1, 0.15) is 72.6 Å². The fraction of sp³-hybridized carbons (Fsp3) is 0.529. The number of ether oxygens (including phenoxy) is 1. The molecule has 1 N–H and O–H groups in total. The topological polar surface area (TPSA) is 63.6 Å². The Labute approximate surface area is 154 Å². The summed E-state index contributed by atoms with van der Waals surface area (Å²) >= 11 is 0. The van der Waals surface area contributed by atoms with Crippen LogP contribution in [0.25, 0.3) is 0 Å². The zero-order valence-electron chi connectivity index (χ0n) is 12.9. The zero-order chi connectivity index (χ0) is 15.7. The summed E-state index contributed by atoms with van der Waals surface area (Å²) in [6.45, 7) is 2.17. The third kappa shape index (κ3) is 6.95. The van der Waals surface area contributed by atoms with Gasteiger partial charge in [-0.05, 0) is 24.6 Å². The fourth-order valence-corrected chi connectivity index (χ4v) is 2.27. The van der Waals surface area contributed by atoms with Crippen molar-refractivity contribution in [1.29, 1.82) is 0 Å². The second-order valence-electron chi connectivity index (χ2n) is 5.16. The molecule has 22 heavy (non-hydrogen) atoms. The Hall–Kier alpha value is -0.840. The van der Waals surface area contributed by atoms with Gasteiger partial charge in [0.1, 0.15) is 5.75 Å². The summed E-state index contributed by atoms with van der Waals surface area (Å²) in [7, 11) is 1.50. The van der Waals surface area contributed by atoms with Crippen molar-refractivity contribution >= 4 is 41.3 Å². The van der Waals surface area contributed by atoms with Gasteiger partial charge in [0.25, 0.3) is 0 Å². The molecule has 1 rings (SSSR count). The van der Waals surface area contributed by atoms with E-state index in [2.05, 4.69) is 6.92 Å². The van der Waals surface area contributed by atoms with Crippen LogP contribution < -0.4 is 4.74 Å². The number of hydrogen-bond acceptors (Lipinski definition) is 3. The first-order valence-electron chi connectivity index (χ1n) is 7.54. The SMILES string of the molecule is CCCCCCCCC(=O)c1cc(OC)ccc1C(=O)O.[NaH]. The van der Waals surface area contributed by atoms with Crippen molar-refractivity contribution in [3.63, 3.8) is 0 Å². The molecular weight excluding hydrogens is 291 g/mol. The van der Waals surface area contributed by atoms with E-state index >= 15 is 0 Å². The van der Waals surface area contributed by atoms with Gasteiger partial charge in [0.2, 0.25) is 0 Å². The Bertz CT molecular complexity index is 486. The molecule has 0 atom stereocenters. The number of carbonyl (C=O) groups excluding carboxylic acids is 1. The second kappa shape index (κ2) is 11.7. The number of unbranched alkanes of at least 4 members (excludes halogenated alkanes) is 5. The maximum atomic E-state index is 12.2. The predicted molar refractivity (Wildman–Crippen MR) is 89.4 cm³/mol. The number of benzene rings is 1. The number of carboxylic acids is 1. The van der Waals surface area contributed by atoms with Gasteiger partial charge in [-0.2, -0.15) is 0 Å². The summed E-state index contributed by atoms with van der Waals surface area (Å²) in [5.74, 6) is -0.697. The summed E-state index contributed by atoms with van der Waals surface area (Å²) in [6.07, 6.45) is 6.96. The minimum absolute atomic E-state index is 0. The molecule has 118 valence electrons. The molecule has 0 aliphatic rings. The Morgan fingerprint density at radius 1 is 1.05 bits per heavy atom. The van der Waals surface area contributed by atoms with E-state index < -0.39 is 5.97 Å². The first kappa shape index (κ1) is 21.2. The molecule has 0 fully saturated rings. The summed E-state index contributed by atoms with van der Waals surface area (Å²) < 4.78 is 5.06. The van der Waals surface area contributed by atoms with Crippen LogP contribution in [0.4, 0.5) is 0 Å². The number of rotatable bonds is 10. The van der Waals surface area contributed by atoms with Crippen molar-refractivity contribution in [2.24, 2.45) is 0 Å². The Kier molecular flexibility index (Phi) is 11.2. The molecule has 0 aromatic heterocycles. The van der Waals surface area contributed by atoms with Gasteiger partial charge in [-0.25, -0.2) is 4.79 Å². The Morgan fingerprint density at radius 2 is 1.68 bits per heavy atom. The van der Waals surface area contributed by atoms with Gasteiger partial charge in [-0.1, -0.05) is 39.0 Å². The van der Waals surface area contributed by atoms with Crippen LogP contribution in [0.5, 0.6) is 5.75 Å². The summed E-state index contributed by atoms with van der Waals surface area (Å²) in [5, 5.41) is 9.15. The van der Waals surface area contributed by atoms with Crippen LogP contribution in [-0.2, 0) is 0 Å². The Balaban J connectivity index is 0.00000441. The second-order valence-corrected chi connectivity index (χ2v) is 5.16. The van der Waals surface area contributed by atoms with Crippen molar-refractivity contribution in [3.05, 3.63) is 29.3 Å². The van der Waals surface area contributed by atoms with E-state index in [0.717, 1.165) is 19.3 Å². The molecule has 0 aliphatic heterocycles. The number of aromatic carboxylic acids is 1. The number of carbonyl (C=O) groups is 2. The van der Waals surface area contributed by atoms with Crippen LogP contribution in [0, 0.1) is 0 Å². The van der Waals surface area contributed by atoms with Gasteiger partial charge < -0.3 is 9.84 Å². The van der Waals surface area contributed by atoms with Gasteiger partial charge >= 0.3 is 35.5 Å².